The number of esters is 2. The fourth-order valence-electron chi connectivity index (χ4n) is 2.88. The molecular formula is C27H20F2O5. The Morgan fingerprint density at radius 2 is 1.41 bits per heavy atom. The van der Waals surface area contributed by atoms with Gasteiger partial charge in [0.2, 0.25) is 0 Å². The molecule has 3 aromatic carbocycles. The molecule has 0 spiro atoms. The van der Waals surface area contributed by atoms with Gasteiger partial charge in [-0.3, -0.25) is 0 Å². The first-order valence-corrected chi connectivity index (χ1v) is 10.0. The van der Waals surface area contributed by atoms with Gasteiger partial charge in [-0.05, 0) is 48.4 Å². The molecule has 0 atom stereocenters. The summed E-state index contributed by atoms with van der Waals surface area (Å²) in [6.45, 7) is 8.27. The Morgan fingerprint density at radius 1 is 0.824 bits per heavy atom. The van der Waals surface area contributed by atoms with Crippen molar-refractivity contribution in [3.8, 4) is 33.8 Å². The minimum Gasteiger partial charge on any atom is -0.462 e. The number of rotatable bonds is 8. The maximum absolute atomic E-state index is 14.8. The third-order valence-corrected chi connectivity index (χ3v) is 4.55. The summed E-state index contributed by atoms with van der Waals surface area (Å²) in [5.41, 5.74) is 1.62. The quantitative estimate of drug-likeness (QED) is 0.169. The number of halogens is 2. The Kier molecular flexibility index (Phi) is 7.71. The number of hydrogen-bond donors (Lipinski definition) is 0. The fraction of sp³-hybridized carbons (Fsp3) is 0.0370. The summed E-state index contributed by atoms with van der Waals surface area (Å²) in [7, 11) is 0. The second-order valence-electron chi connectivity index (χ2n) is 7.06. The normalized spacial score (nSPS) is 10.6. The molecule has 0 radical (unpaired) electrons. The first-order chi connectivity index (χ1) is 16.3. The summed E-state index contributed by atoms with van der Waals surface area (Å²) in [6, 6.07) is 14.8. The van der Waals surface area contributed by atoms with Crippen LogP contribution in [0.2, 0.25) is 0 Å². The smallest absolute Gasteiger partial charge is 0.338 e. The van der Waals surface area contributed by atoms with Crippen LogP contribution in [0.1, 0.15) is 6.92 Å². The van der Waals surface area contributed by atoms with Gasteiger partial charge in [0, 0.05) is 28.8 Å². The van der Waals surface area contributed by atoms with Gasteiger partial charge in [-0.2, -0.15) is 0 Å². The van der Waals surface area contributed by atoms with Crippen molar-refractivity contribution in [3.05, 3.63) is 110 Å². The molecule has 5 nitrogen and oxygen atoms in total. The zero-order valence-corrected chi connectivity index (χ0v) is 18.2. The van der Waals surface area contributed by atoms with E-state index in [1.165, 1.54) is 43.3 Å². The van der Waals surface area contributed by atoms with E-state index in [1.54, 1.807) is 18.2 Å². The SMILES string of the molecule is C=CC(=O)Oc1ccc(-c2ccc(-c3ccc(OC=COC(=O)C(=C)C)cc3F)cc2F)cc1. The van der Waals surface area contributed by atoms with Gasteiger partial charge in [0.15, 0.2) is 0 Å². The molecule has 0 saturated carbocycles. The van der Waals surface area contributed by atoms with E-state index in [2.05, 4.69) is 13.2 Å². The number of hydrogen-bond acceptors (Lipinski definition) is 5. The maximum Gasteiger partial charge on any atom is 0.338 e. The summed E-state index contributed by atoms with van der Waals surface area (Å²) in [5, 5.41) is 0. The van der Waals surface area contributed by atoms with Gasteiger partial charge in [-0.1, -0.05) is 37.4 Å². The lowest BCUT2D eigenvalue weighted by Gasteiger charge is -2.09. The first kappa shape index (κ1) is 24.1. The van der Waals surface area contributed by atoms with Gasteiger partial charge < -0.3 is 14.2 Å². The largest absolute Gasteiger partial charge is 0.462 e. The van der Waals surface area contributed by atoms with E-state index in [1.807, 2.05) is 0 Å². The molecule has 0 unspecified atom stereocenters. The van der Waals surface area contributed by atoms with Crippen LogP contribution in [0.15, 0.2) is 98.0 Å². The Labute approximate surface area is 195 Å². The predicted octanol–water partition coefficient (Wildman–Crippen LogP) is 6.36. The first-order valence-electron chi connectivity index (χ1n) is 10.0. The van der Waals surface area contributed by atoms with Gasteiger partial charge in [0.1, 0.15) is 35.7 Å². The second kappa shape index (κ2) is 10.9. The fourth-order valence-corrected chi connectivity index (χ4v) is 2.88. The monoisotopic (exact) mass is 462 g/mol. The molecule has 34 heavy (non-hydrogen) atoms. The molecule has 0 N–H and O–H groups in total. The Morgan fingerprint density at radius 3 is 2.03 bits per heavy atom. The molecule has 0 saturated heterocycles. The van der Waals surface area contributed by atoms with E-state index >= 15 is 0 Å². The highest BCUT2D eigenvalue weighted by Crippen LogP contribution is 2.31. The lowest BCUT2D eigenvalue weighted by Crippen LogP contribution is -2.02. The molecule has 0 aliphatic heterocycles. The van der Waals surface area contributed by atoms with Gasteiger partial charge in [-0.25, -0.2) is 18.4 Å². The molecule has 0 fully saturated rings. The number of benzene rings is 3. The van der Waals surface area contributed by atoms with Crippen LogP contribution < -0.4 is 9.47 Å². The topological polar surface area (TPSA) is 61.8 Å². The van der Waals surface area contributed by atoms with E-state index < -0.39 is 23.6 Å². The third kappa shape index (κ3) is 6.04. The average Bonchev–Trinajstić information content (AvgIpc) is 2.82. The third-order valence-electron chi connectivity index (χ3n) is 4.55. The van der Waals surface area contributed by atoms with Gasteiger partial charge in [0.25, 0.3) is 0 Å². The minimum atomic E-state index is -0.620. The van der Waals surface area contributed by atoms with Crippen LogP contribution >= 0.6 is 0 Å². The van der Waals surface area contributed by atoms with Crippen molar-refractivity contribution in [3.63, 3.8) is 0 Å². The number of carbonyl (C=O) groups excluding carboxylic acids is 2. The van der Waals surface area contributed by atoms with Crippen LogP contribution in [0.25, 0.3) is 22.3 Å². The van der Waals surface area contributed by atoms with E-state index in [4.69, 9.17) is 14.2 Å². The predicted molar refractivity (Wildman–Crippen MR) is 124 cm³/mol. The highest BCUT2D eigenvalue weighted by Gasteiger charge is 2.12. The van der Waals surface area contributed by atoms with Crippen molar-refractivity contribution >= 4 is 11.9 Å². The highest BCUT2D eigenvalue weighted by molar-refractivity contribution is 5.87. The summed E-state index contributed by atoms with van der Waals surface area (Å²) in [6.07, 6.45) is 3.16. The van der Waals surface area contributed by atoms with Crippen LogP contribution in [-0.4, -0.2) is 11.9 Å². The lowest BCUT2D eigenvalue weighted by molar-refractivity contribution is -0.133. The molecule has 172 valence electrons. The van der Waals surface area contributed by atoms with E-state index in [0.717, 1.165) is 24.7 Å². The Balaban J connectivity index is 1.73. The molecule has 0 aromatic heterocycles. The van der Waals surface area contributed by atoms with Gasteiger partial charge >= 0.3 is 11.9 Å². The molecule has 3 rings (SSSR count). The van der Waals surface area contributed by atoms with Crippen molar-refractivity contribution in [2.75, 3.05) is 0 Å². The van der Waals surface area contributed by atoms with Crippen LogP contribution in [-0.2, 0) is 14.3 Å². The molecule has 7 heteroatoms. The van der Waals surface area contributed by atoms with Crippen LogP contribution in [0.3, 0.4) is 0 Å². The van der Waals surface area contributed by atoms with Crippen LogP contribution in [0.4, 0.5) is 8.78 Å². The van der Waals surface area contributed by atoms with Crippen molar-refractivity contribution in [1.82, 2.24) is 0 Å². The zero-order valence-electron chi connectivity index (χ0n) is 18.2. The summed E-state index contributed by atoms with van der Waals surface area (Å²) < 4.78 is 44.4. The molecule has 0 heterocycles. The van der Waals surface area contributed by atoms with Gasteiger partial charge in [-0.15, -0.1) is 0 Å². The molecule has 0 bridgehead atoms. The van der Waals surface area contributed by atoms with Crippen molar-refractivity contribution in [2.24, 2.45) is 0 Å². The number of ether oxygens (including phenoxy) is 3. The van der Waals surface area contributed by atoms with Crippen molar-refractivity contribution < 1.29 is 32.6 Å². The van der Waals surface area contributed by atoms with E-state index in [-0.39, 0.29) is 16.9 Å². The Bertz CT molecular complexity index is 1280. The lowest BCUT2D eigenvalue weighted by atomic mass is 9.99. The van der Waals surface area contributed by atoms with E-state index in [0.29, 0.717) is 22.4 Å². The Hall–Kier alpha value is -4.52. The summed E-state index contributed by atoms with van der Waals surface area (Å²) in [4.78, 5) is 22.5. The van der Waals surface area contributed by atoms with Crippen LogP contribution in [0.5, 0.6) is 11.5 Å². The van der Waals surface area contributed by atoms with Gasteiger partial charge in [0.05, 0.1) is 0 Å². The highest BCUT2D eigenvalue weighted by atomic mass is 19.1. The second-order valence-corrected chi connectivity index (χ2v) is 7.06. The van der Waals surface area contributed by atoms with Crippen molar-refractivity contribution in [2.45, 2.75) is 6.92 Å². The molecule has 0 aliphatic carbocycles. The maximum atomic E-state index is 14.8. The standard InChI is InChI=1S/C27H20F2O5/c1-4-26(30)34-20-8-5-18(6-9-20)22-11-7-19(15-24(22)28)23-12-10-21(16-25(23)29)32-13-14-33-27(31)17(2)3/h4-16H,1-2H2,3H3. The number of carbonyl (C=O) groups is 2. The summed E-state index contributed by atoms with van der Waals surface area (Å²) in [5.74, 6) is -1.90. The summed E-state index contributed by atoms with van der Waals surface area (Å²) >= 11 is 0. The molecule has 0 amide bonds. The zero-order chi connectivity index (χ0) is 24.7. The van der Waals surface area contributed by atoms with Crippen LogP contribution in [0, 0.1) is 11.6 Å². The minimum absolute atomic E-state index is 0.165. The molecule has 0 aliphatic rings. The van der Waals surface area contributed by atoms with Crippen molar-refractivity contribution in [1.29, 1.82) is 0 Å². The average molecular weight is 462 g/mol. The molecule has 3 aromatic rings. The molecular weight excluding hydrogens is 442 g/mol. The van der Waals surface area contributed by atoms with E-state index in [9.17, 15) is 18.4 Å².